The number of halogens is 2. The van der Waals surface area contributed by atoms with Crippen molar-refractivity contribution < 1.29 is 22.7 Å². The molecule has 0 fully saturated rings. The number of hydrogen-bond donors (Lipinski definition) is 3. The van der Waals surface area contributed by atoms with Gasteiger partial charge >= 0.3 is 6.03 Å². The predicted octanol–water partition coefficient (Wildman–Crippen LogP) is 5.48. The number of rotatable bonds is 5. The third-order valence-corrected chi connectivity index (χ3v) is 7.26. The summed E-state index contributed by atoms with van der Waals surface area (Å²) in [5, 5.41) is 13.2. The average Bonchev–Trinajstić information content (AvgIpc) is 3.38. The Hall–Kier alpha value is -2.52. The van der Waals surface area contributed by atoms with Crippen molar-refractivity contribution >= 4 is 44.9 Å². The van der Waals surface area contributed by atoms with E-state index in [1.165, 1.54) is 19.9 Å². The highest BCUT2D eigenvalue weighted by Crippen LogP contribution is 2.40. The first-order valence-electron chi connectivity index (χ1n) is 10.2. The number of urea groups is 1. The molecule has 0 radical (unpaired) electrons. The van der Waals surface area contributed by atoms with E-state index in [4.69, 9.17) is 27.6 Å². The van der Waals surface area contributed by atoms with Gasteiger partial charge in [-0.25, -0.2) is 9.52 Å². The van der Waals surface area contributed by atoms with Gasteiger partial charge in [-0.1, -0.05) is 41.4 Å². The first kappa shape index (κ1) is 23.6. The van der Waals surface area contributed by atoms with Gasteiger partial charge in [-0.3, -0.25) is 0 Å². The molecule has 0 saturated heterocycles. The van der Waals surface area contributed by atoms with E-state index < -0.39 is 26.7 Å². The van der Waals surface area contributed by atoms with E-state index in [0.717, 1.165) is 36.7 Å². The van der Waals surface area contributed by atoms with Crippen LogP contribution in [0.5, 0.6) is 0 Å². The van der Waals surface area contributed by atoms with Crippen LogP contribution in [-0.4, -0.2) is 19.6 Å². The van der Waals surface area contributed by atoms with E-state index in [1.807, 2.05) is 16.9 Å². The minimum absolute atomic E-state index is 0.267. The summed E-state index contributed by atoms with van der Waals surface area (Å²) in [7, 11) is -4.31. The molecule has 2 aromatic carbocycles. The number of amides is 2. The number of anilines is 1. The lowest BCUT2D eigenvalue weighted by molar-refractivity contribution is 0.0779. The van der Waals surface area contributed by atoms with Gasteiger partial charge in [-0.15, -0.1) is 0 Å². The zero-order valence-electron chi connectivity index (χ0n) is 17.9. The van der Waals surface area contributed by atoms with Crippen LogP contribution >= 0.6 is 23.2 Å². The van der Waals surface area contributed by atoms with Gasteiger partial charge in [0.15, 0.2) is 0 Å². The van der Waals surface area contributed by atoms with Crippen molar-refractivity contribution in [2.75, 3.05) is 5.32 Å². The topological polar surface area (TPSA) is 109 Å². The fourth-order valence-electron chi connectivity index (χ4n) is 3.83. The van der Waals surface area contributed by atoms with Crippen molar-refractivity contribution in [2.24, 2.45) is 0 Å². The van der Waals surface area contributed by atoms with E-state index in [9.17, 15) is 18.3 Å². The van der Waals surface area contributed by atoms with Gasteiger partial charge in [-0.2, -0.15) is 8.42 Å². The Morgan fingerprint density at radius 1 is 1.09 bits per heavy atom. The van der Waals surface area contributed by atoms with Crippen molar-refractivity contribution in [2.45, 2.75) is 43.8 Å². The number of aryl methyl sites for hydroxylation is 1. The van der Waals surface area contributed by atoms with Crippen molar-refractivity contribution in [1.29, 1.82) is 0 Å². The molecule has 0 unspecified atom stereocenters. The van der Waals surface area contributed by atoms with Crippen LogP contribution in [0.2, 0.25) is 10.0 Å². The van der Waals surface area contributed by atoms with Crippen molar-refractivity contribution in [3.05, 3.63) is 69.4 Å². The average molecular weight is 509 g/mol. The Morgan fingerprint density at radius 3 is 2.48 bits per heavy atom. The maximum atomic E-state index is 12.8. The second-order valence-corrected chi connectivity index (χ2v) is 10.8. The summed E-state index contributed by atoms with van der Waals surface area (Å²) in [5.74, 6) is 0. The Balaban J connectivity index is 1.65. The summed E-state index contributed by atoms with van der Waals surface area (Å²) >= 11 is 12.4. The summed E-state index contributed by atoms with van der Waals surface area (Å²) in [6.07, 6.45) is 3.67. The molecular formula is C23H22Cl2N2O5S. The van der Waals surface area contributed by atoms with Gasteiger partial charge in [0, 0.05) is 32.8 Å². The van der Waals surface area contributed by atoms with E-state index in [2.05, 4.69) is 5.32 Å². The monoisotopic (exact) mass is 508 g/mol. The molecule has 1 heterocycles. The van der Waals surface area contributed by atoms with Gasteiger partial charge in [0.05, 0.1) is 17.6 Å². The second-order valence-electron chi connectivity index (χ2n) is 8.38. The zero-order chi connectivity index (χ0) is 24.0. The Labute approximate surface area is 201 Å². The standard InChI is InChI=1S/C23H22Cl2N2O5S/c1-23(2,29)14-10-20(32-12-14)33(30,31)27-22(28)26-21-16-5-3-4-13(16)6-8-18(21)17-9-7-15(24)11-19(17)25/h6-12,29H,3-5H2,1-2H3,(H2,26,27,28). The SMILES string of the molecule is CC(C)(O)c1coc(S(=O)(=O)NC(=O)Nc2c(-c3ccc(Cl)cc3Cl)ccc3c2CCC3)c1. The van der Waals surface area contributed by atoms with Crippen LogP contribution < -0.4 is 10.0 Å². The number of carbonyl (C=O) groups excluding carboxylic acids is 1. The molecule has 1 aliphatic carbocycles. The van der Waals surface area contributed by atoms with Gasteiger partial charge < -0.3 is 14.8 Å². The molecule has 3 aromatic rings. The summed E-state index contributed by atoms with van der Waals surface area (Å²) in [4.78, 5) is 12.8. The maximum absolute atomic E-state index is 12.8. The first-order chi connectivity index (χ1) is 15.5. The first-order valence-corrected chi connectivity index (χ1v) is 12.4. The smallest absolute Gasteiger partial charge is 0.333 e. The van der Waals surface area contributed by atoms with Crippen LogP contribution in [-0.2, 0) is 28.5 Å². The number of carbonyl (C=O) groups is 1. The number of furan rings is 1. The molecule has 33 heavy (non-hydrogen) atoms. The number of nitrogens with one attached hydrogen (secondary N) is 2. The number of aliphatic hydroxyl groups is 1. The van der Waals surface area contributed by atoms with Gasteiger partial charge in [0.2, 0.25) is 5.09 Å². The van der Waals surface area contributed by atoms with E-state index >= 15 is 0 Å². The molecule has 1 aromatic heterocycles. The highest BCUT2D eigenvalue weighted by Gasteiger charge is 2.28. The van der Waals surface area contributed by atoms with Crippen LogP contribution in [0.25, 0.3) is 11.1 Å². The van der Waals surface area contributed by atoms with Gasteiger partial charge in [-0.05, 0) is 56.4 Å². The molecule has 7 nitrogen and oxygen atoms in total. The quantitative estimate of drug-likeness (QED) is 0.422. The Morgan fingerprint density at radius 2 is 1.82 bits per heavy atom. The number of sulfonamides is 1. The normalized spacial score (nSPS) is 13.6. The van der Waals surface area contributed by atoms with E-state index in [0.29, 0.717) is 26.9 Å². The molecule has 0 spiro atoms. The van der Waals surface area contributed by atoms with Crippen LogP contribution in [0, 0.1) is 0 Å². The van der Waals surface area contributed by atoms with Crippen LogP contribution in [0.15, 0.2) is 52.2 Å². The lowest BCUT2D eigenvalue weighted by Crippen LogP contribution is -2.34. The second kappa shape index (κ2) is 8.68. The highest BCUT2D eigenvalue weighted by molar-refractivity contribution is 7.89. The molecule has 0 saturated carbocycles. The third kappa shape index (κ3) is 4.89. The Kier molecular flexibility index (Phi) is 6.22. The van der Waals surface area contributed by atoms with Gasteiger partial charge in [0.1, 0.15) is 0 Å². The third-order valence-electron chi connectivity index (χ3n) is 5.52. The van der Waals surface area contributed by atoms with Crippen LogP contribution in [0.1, 0.15) is 37.0 Å². The minimum Gasteiger partial charge on any atom is -0.451 e. The van der Waals surface area contributed by atoms with E-state index in [1.54, 1.807) is 18.2 Å². The minimum atomic E-state index is -4.31. The lowest BCUT2D eigenvalue weighted by atomic mass is 9.97. The summed E-state index contributed by atoms with van der Waals surface area (Å²) in [6.45, 7) is 2.99. The van der Waals surface area contributed by atoms with Crippen molar-refractivity contribution in [1.82, 2.24) is 4.72 Å². The Bertz CT molecular complexity index is 1340. The molecule has 10 heteroatoms. The van der Waals surface area contributed by atoms with Crippen molar-refractivity contribution in [3.63, 3.8) is 0 Å². The van der Waals surface area contributed by atoms with E-state index in [-0.39, 0.29) is 5.56 Å². The lowest BCUT2D eigenvalue weighted by Gasteiger charge is -2.17. The molecular weight excluding hydrogens is 487 g/mol. The highest BCUT2D eigenvalue weighted by atomic mass is 35.5. The molecule has 0 bridgehead atoms. The fraction of sp³-hybridized carbons (Fsp3) is 0.261. The fourth-order valence-corrected chi connectivity index (χ4v) is 5.19. The molecule has 0 aliphatic heterocycles. The van der Waals surface area contributed by atoms with Crippen molar-refractivity contribution in [3.8, 4) is 11.1 Å². The number of hydrogen-bond acceptors (Lipinski definition) is 5. The number of benzene rings is 2. The largest absolute Gasteiger partial charge is 0.451 e. The molecule has 1 aliphatic rings. The summed E-state index contributed by atoms with van der Waals surface area (Å²) in [5.41, 5.74) is 2.82. The summed E-state index contributed by atoms with van der Waals surface area (Å²) < 4.78 is 32.4. The molecule has 4 rings (SSSR count). The maximum Gasteiger partial charge on any atom is 0.333 e. The zero-order valence-corrected chi connectivity index (χ0v) is 20.2. The molecule has 174 valence electrons. The molecule has 0 atom stereocenters. The van der Waals surface area contributed by atoms with Crippen LogP contribution in [0.3, 0.4) is 0 Å². The predicted molar refractivity (Wildman–Crippen MR) is 127 cm³/mol. The van der Waals surface area contributed by atoms with Gasteiger partial charge in [0.25, 0.3) is 10.0 Å². The van der Waals surface area contributed by atoms with Crippen LogP contribution in [0.4, 0.5) is 10.5 Å². The number of fused-ring (bicyclic) bond motifs is 1. The molecule has 3 N–H and O–H groups in total. The summed E-state index contributed by atoms with van der Waals surface area (Å²) in [6, 6.07) is 9.13. The molecule has 2 amide bonds.